The van der Waals surface area contributed by atoms with Crippen LogP contribution in [0.4, 0.5) is 0 Å². The van der Waals surface area contributed by atoms with Crippen LogP contribution in [0, 0.1) is 11.8 Å². The maximum absolute atomic E-state index is 11.9. The van der Waals surface area contributed by atoms with E-state index in [1.165, 1.54) is 25.7 Å². The van der Waals surface area contributed by atoms with Gasteiger partial charge in [-0.1, -0.05) is 19.8 Å². The van der Waals surface area contributed by atoms with Gasteiger partial charge in [-0.15, -0.1) is 12.4 Å². The molecular weight excluding hydrogens is 224 g/mol. The zero-order chi connectivity index (χ0) is 10.7. The van der Waals surface area contributed by atoms with Crippen molar-refractivity contribution in [3.63, 3.8) is 0 Å². The fourth-order valence-electron chi connectivity index (χ4n) is 2.71. The van der Waals surface area contributed by atoms with Crippen LogP contribution < -0.4 is 10.6 Å². The second-order valence-electron chi connectivity index (χ2n) is 5.07. The van der Waals surface area contributed by atoms with E-state index in [0.717, 1.165) is 19.5 Å². The third-order valence-corrected chi connectivity index (χ3v) is 3.87. The average molecular weight is 247 g/mol. The second-order valence-corrected chi connectivity index (χ2v) is 5.07. The first-order chi connectivity index (χ1) is 7.27. The molecule has 3 nitrogen and oxygen atoms in total. The van der Waals surface area contributed by atoms with Crippen LogP contribution in [0.3, 0.4) is 0 Å². The third kappa shape index (κ3) is 3.36. The maximum Gasteiger partial charge on any atom is 0.224 e. The standard InChI is InChI=1S/C12H22N2O.ClH/c1-9-4-2-3-5-11(9)14-12(15)10-6-7-13-8-10;/h9-11,13H,2-8H2,1H3,(H,14,15);1H/t9?,10-,11?;/m0./s1. The van der Waals surface area contributed by atoms with Crippen LogP contribution in [0.5, 0.6) is 0 Å². The summed E-state index contributed by atoms with van der Waals surface area (Å²) < 4.78 is 0. The highest BCUT2D eigenvalue weighted by atomic mass is 35.5. The Kier molecular flexibility index (Phi) is 5.56. The number of carbonyl (C=O) groups is 1. The molecule has 1 aliphatic carbocycles. The van der Waals surface area contributed by atoms with Gasteiger partial charge >= 0.3 is 0 Å². The van der Waals surface area contributed by atoms with Crippen molar-refractivity contribution in [3.8, 4) is 0 Å². The van der Waals surface area contributed by atoms with Crippen molar-refractivity contribution in [1.29, 1.82) is 0 Å². The first kappa shape index (κ1) is 13.8. The monoisotopic (exact) mass is 246 g/mol. The lowest BCUT2D eigenvalue weighted by Gasteiger charge is -2.30. The summed E-state index contributed by atoms with van der Waals surface area (Å²) >= 11 is 0. The van der Waals surface area contributed by atoms with E-state index < -0.39 is 0 Å². The van der Waals surface area contributed by atoms with Gasteiger partial charge in [0.15, 0.2) is 0 Å². The maximum atomic E-state index is 11.9. The minimum atomic E-state index is 0. The predicted octanol–water partition coefficient (Wildman–Crippen LogP) is 1.71. The van der Waals surface area contributed by atoms with Crippen molar-refractivity contribution < 1.29 is 4.79 Å². The van der Waals surface area contributed by atoms with Crippen LogP contribution in [0.15, 0.2) is 0 Å². The van der Waals surface area contributed by atoms with Gasteiger partial charge in [-0.05, 0) is 31.7 Å². The molecular formula is C12H23ClN2O. The molecule has 1 saturated heterocycles. The molecule has 1 amide bonds. The van der Waals surface area contributed by atoms with Crippen molar-refractivity contribution >= 4 is 18.3 Å². The van der Waals surface area contributed by atoms with Crippen LogP contribution in [0.2, 0.25) is 0 Å². The summed E-state index contributed by atoms with van der Waals surface area (Å²) in [4.78, 5) is 11.9. The molecule has 0 aromatic heterocycles. The molecule has 2 fully saturated rings. The minimum absolute atomic E-state index is 0. The minimum Gasteiger partial charge on any atom is -0.353 e. The Labute approximate surface area is 104 Å². The third-order valence-electron chi connectivity index (χ3n) is 3.87. The highest BCUT2D eigenvalue weighted by Crippen LogP contribution is 2.24. The molecule has 2 unspecified atom stereocenters. The second kappa shape index (κ2) is 6.45. The van der Waals surface area contributed by atoms with Gasteiger partial charge in [0.25, 0.3) is 0 Å². The molecule has 4 heteroatoms. The first-order valence-corrected chi connectivity index (χ1v) is 6.28. The highest BCUT2D eigenvalue weighted by Gasteiger charge is 2.27. The van der Waals surface area contributed by atoms with Crippen LogP contribution in [0.1, 0.15) is 39.0 Å². The van der Waals surface area contributed by atoms with Crippen molar-refractivity contribution in [2.24, 2.45) is 11.8 Å². The summed E-state index contributed by atoms with van der Waals surface area (Å²) in [6, 6.07) is 0.437. The fourth-order valence-corrected chi connectivity index (χ4v) is 2.71. The molecule has 0 aromatic rings. The predicted molar refractivity (Wildman–Crippen MR) is 67.8 cm³/mol. The van der Waals surface area contributed by atoms with Crippen LogP contribution in [-0.4, -0.2) is 25.0 Å². The Hall–Kier alpha value is -0.280. The quantitative estimate of drug-likeness (QED) is 0.779. The van der Waals surface area contributed by atoms with E-state index in [2.05, 4.69) is 17.6 Å². The van der Waals surface area contributed by atoms with Gasteiger partial charge in [0.1, 0.15) is 0 Å². The normalized spacial score (nSPS) is 34.2. The number of rotatable bonds is 2. The fraction of sp³-hybridized carbons (Fsp3) is 0.917. The lowest BCUT2D eigenvalue weighted by atomic mass is 9.85. The molecule has 1 heterocycles. The molecule has 1 saturated carbocycles. The molecule has 0 spiro atoms. The number of hydrogen-bond donors (Lipinski definition) is 2. The number of halogens is 1. The van der Waals surface area contributed by atoms with Crippen molar-refractivity contribution in [1.82, 2.24) is 10.6 Å². The molecule has 1 aliphatic heterocycles. The van der Waals surface area contributed by atoms with Gasteiger partial charge in [0.2, 0.25) is 5.91 Å². The molecule has 0 radical (unpaired) electrons. The van der Waals surface area contributed by atoms with E-state index in [9.17, 15) is 4.79 Å². The Morgan fingerprint density at radius 2 is 2.00 bits per heavy atom. The summed E-state index contributed by atoms with van der Waals surface area (Å²) in [6.07, 6.45) is 6.06. The number of carbonyl (C=O) groups excluding carboxylic acids is 1. The first-order valence-electron chi connectivity index (χ1n) is 6.28. The molecule has 16 heavy (non-hydrogen) atoms. The van der Waals surface area contributed by atoms with Gasteiger partial charge in [-0.2, -0.15) is 0 Å². The number of hydrogen-bond acceptors (Lipinski definition) is 2. The lowest BCUT2D eigenvalue weighted by molar-refractivity contribution is -0.125. The van der Waals surface area contributed by atoms with E-state index in [0.29, 0.717) is 12.0 Å². The number of amides is 1. The lowest BCUT2D eigenvalue weighted by Crippen LogP contribution is -2.44. The molecule has 2 rings (SSSR count). The van der Waals surface area contributed by atoms with Crippen LogP contribution in [-0.2, 0) is 4.79 Å². The molecule has 0 aromatic carbocycles. The van der Waals surface area contributed by atoms with E-state index in [-0.39, 0.29) is 24.2 Å². The molecule has 2 N–H and O–H groups in total. The van der Waals surface area contributed by atoms with Gasteiger partial charge in [-0.3, -0.25) is 4.79 Å². The average Bonchev–Trinajstić information content (AvgIpc) is 2.74. The Morgan fingerprint density at radius 3 is 2.62 bits per heavy atom. The summed E-state index contributed by atoms with van der Waals surface area (Å²) in [5.74, 6) is 1.16. The number of nitrogens with one attached hydrogen (secondary N) is 2. The van der Waals surface area contributed by atoms with Crippen LogP contribution >= 0.6 is 12.4 Å². The molecule has 2 aliphatic rings. The molecule has 3 atom stereocenters. The van der Waals surface area contributed by atoms with E-state index >= 15 is 0 Å². The van der Waals surface area contributed by atoms with Gasteiger partial charge < -0.3 is 10.6 Å². The summed E-state index contributed by atoms with van der Waals surface area (Å²) in [5.41, 5.74) is 0. The van der Waals surface area contributed by atoms with Gasteiger partial charge in [-0.25, -0.2) is 0 Å². The van der Waals surface area contributed by atoms with Crippen LogP contribution in [0.25, 0.3) is 0 Å². The SMILES string of the molecule is CC1CCCCC1NC(=O)[C@H]1CCNC1.Cl. The van der Waals surface area contributed by atoms with Gasteiger partial charge in [0.05, 0.1) is 5.92 Å². The largest absolute Gasteiger partial charge is 0.353 e. The zero-order valence-corrected chi connectivity index (χ0v) is 10.8. The molecule has 0 bridgehead atoms. The smallest absolute Gasteiger partial charge is 0.224 e. The molecule has 94 valence electrons. The van der Waals surface area contributed by atoms with E-state index in [4.69, 9.17) is 0 Å². The summed E-state index contributed by atoms with van der Waals surface area (Å²) in [6.45, 7) is 4.13. The highest BCUT2D eigenvalue weighted by molar-refractivity contribution is 5.85. The Morgan fingerprint density at radius 1 is 1.25 bits per heavy atom. The van der Waals surface area contributed by atoms with E-state index in [1.807, 2.05) is 0 Å². The topological polar surface area (TPSA) is 41.1 Å². The Balaban J connectivity index is 0.00000128. The van der Waals surface area contributed by atoms with Crippen molar-refractivity contribution in [2.45, 2.75) is 45.1 Å². The zero-order valence-electron chi connectivity index (χ0n) is 10.00. The summed E-state index contributed by atoms with van der Waals surface area (Å²) in [5, 5.41) is 6.47. The summed E-state index contributed by atoms with van der Waals surface area (Å²) in [7, 11) is 0. The van der Waals surface area contributed by atoms with Crippen molar-refractivity contribution in [2.75, 3.05) is 13.1 Å². The van der Waals surface area contributed by atoms with E-state index in [1.54, 1.807) is 0 Å². The Bertz CT molecular complexity index is 229. The van der Waals surface area contributed by atoms with Crippen molar-refractivity contribution in [3.05, 3.63) is 0 Å². The van der Waals surface area contributed by atoms with Gasteiger partial charge in [0, 0.05) is 12.6 Å².